The average Bonchev–Trinajstić information content (AvgIpc) is 2.92. The highest BCUT2D eigenvalue weighted by Crippen LogP contribution is 2.35. The minimum atomic E-state index is -2.64. The molecule has 26 heavy (non-hydrogen) atoms. The summed E-state index contributed by atoms with van der Waals surface area (Å²) in [7, 11) is 1.54. The van der Waals surface area contributed by atoms with E-state index in [1.807, 2.05) is 0 Å². The Labute approximate surface area is 148 Å². The van der Waals surface area contributed by atoms with Crippen molar-refractivity contribution >= 4 is 17.5 Å². The molecule has 1 heterocycles. The SMILES string of the molecule is CN1C[C@@H](c2cccc(C(F)F)c2)[C@H](C(=O)Nc2ccccc2F)C1=O. The van der Waals surface area contributed by atoms with Crippen molar-refractivity contribution in [2.45, 2.75) is 12.3 Å². The number of hydrogen-bond acceptors (Lipinski definition) is 2. The number of rotatable bonds is 4. The lowest BCUT2D eigenvalue weighted by Crippen LogP contribution is -2.33. The van der Waals surface area contributed by atoms with Gasteiger partial charge in [-0.15, -0.1) is 0 Å². The van der Waals surface area contributed by atoms with Crippen molar-refractivity contribution < 1.29 is 22.8 Å². The molecule has 0 unspecified atom stereocenters. The number of carbonyl (C=O) groups excluding carboxylic acids is 2. The molecular formula is C19H17F3N2O2. The molecule has 2 atom stereocenters. The number of alkyl halides is 2. The summed E-state index contributed by atoms with van der Waals surface area (Å²) < 4.78 is 39.7. The molecule has 7 heteroatoms. The number of benzene rings is 2. The van der Waals surface area contributed by atoms with E-state index < -0.39 is 35.9 Å². The fourth-order valence-corrected chi connectivity index (χ4v) is 3.19. The maximum absolute atomic E-state index is 13.8. The van der Waals surface area contributed by atoms with E-state index in [0.717, 1.165) is 0 Å². The highest BCUT2D eigenvalue weighted by Gasteiger charge is 2.44. The molecule has 1 N–H and O–H groups in total. The molecule has 1 aliphatic heterocycles. The van der Waals surface area contributed by atoms with E-state index in [1.165, 1.54) is 41.3 Å². The number of carbonyl (C=O) groups is 2. The van der Waals surface area contributed by atoms with Crippen molar-refractivity contribution in [2.75, 3.05) is 18.9 Å². The van der Waals surface area contributed by atoms with Crippen molar-refractivity contribution in [3.63, 3.8) is 0 Å². The lowest BCUT2D eigenvalue weighted by molar-refractivity contribution is -0.135. The van der Waals surface area contributed by atoms with Gasteiger partial charge in [-0.3, -0.25) is 9.59 Å². The second-order valence-corrected chi connectivity index (χ2v) is 6.24. The Kier molecular flexibility index (Phi) is 4.97. The van der Waals surface area contributed by atoms with E-state index in [9.17, 15) is 22.8 Å². The lowest BCUT2D eigenvalue weighted by Gasteiger charge is -2.18. The third-order valence-electron chi connectivity index (χ3n) is 4.52. The molecule has 4 nitrogen and oxygen atoms in total. The van der Waals surface area contributed by atoms with Crippen LogP contribution in [0.2, 0.25) is 0 Å². The van der Waals surface area contributed by atoms with Crippen LogP contribution in [0.4, 0.5) is 18.9 Å². The van der Waals surface area contributed by atoms with Crippen LogP contribution < -0.4 is 5.32 Å². The topological polar surface area (TPSA) is 49.4 Å². The van der Waals surface area contributed by atoms with Crippen molar-refractivity contribution in [1.82, 2.24) is 4.90 Å². The van der Waals surface area contributed by atoms with Crippen LogP contribution >= 0.6 is 0 Å². The minimum Gasteiger partial charge on any atom is -0.344 e. The Bertz CT molecular complexity index is 841. The third kappa shape index (κ3) is 3.42. The maximum Gasteiger partial charge on any atom is 0.263 e. The Morgan fingerprint density at radius 1 is 1.19 bits per heavy atom. The minimum absolute atomic E-state index is 0.0278. The molecule has 0 aromatic heterocycles. The Balaban J connectivity index is 1.90. The average molecular weight is 362 g/mol. The van der Waals surface area contributed by atoms with Gasteiger partial charge in [-0.1, -0.05) is 30.3 Å². The van der Waals surface area contributed by atoms with Gasteiger partial charge in [0.05, 0.1) is 5.69 Å². The van der Waals surface area contributed by atoms with Crippen molar-refractivity contribution in [3.8, 4) is 0 Å². The summed E-state index contributed by atoms with van der Waals surface area (Å²) in [5.41, 5.74) is 0.284. The zero-order valence-electron chi connectivity index (χ0n) is 14.0. The smallest absolute Gasteiger partial charge is 0.263 e. The third-order valence-corrected chi connectivity index (χ3v) is 4.52. The maximum atomic E-state index is 13.8. The number of nitrogens with one attached hydrogen (secondary N) is 1. The van der Waals surface area contributed by atoms with E-state index in [2.05, 4.69) is 5.32 Å². The number of anilines is 1. The van der Waals surface area contributed by atoms with E-state index in [0.29, 0.717) is 5.56 Å². The van der Waals surface area contributed by atoms with Crippen LogP contribution in [0.5, 0.6) is 0 Å². The van der Waals surface area contributed by atoms with Crippen LogP contribution in [-0.4, -0.2) is 30.3 Å². The van der Waals surface area contributed by atoms with Crippen molar-refractivity contribution in [2.24, 2.45) is 5.92 Å². The predicted molar refractivity (Wildman–Crippen MR) is 90.3 cm³/mol. The van der Waals surface area contributed by atoms with E-state index >= 15 is 0 Å². The first-order chi connectivity index (χ1) is 12.4. The van der Waals surface area contributed by atoms with Crippen LogP contribution in [0.25, 0.3) is 0 Å². The van der Waals surface area contributed by atoms with Gasteiger partial charge in [0.25, 0.3) is 6.43 Å². The van der Waals surface area contributed by atoms with Gasteiger partial charge >= 0.3 is 0 Å². The number of hydrogen-bond donors (Lipinski definition) is 1. The fourth-order valence-electron chi connectivity index (χ4n) is 3.19. The monoisotopic (exact) mass is 362 g/mol. The molecule has 0 bridgehead atoms. The van der Waals surface area contributed by atoms with Gasteiger partial charge in [0, 0.05) is 25.1 Å². The zero-order chi connectivity index (χ0) is 18.8. The Morgan fingerprint density at radius 3 is 2.62 bits per heavy atom. The summed E-state index contributed by atoms with van der Waals surface area (Å²) in [6.45, 7) is 0.223. The largest absolute Gasteiger partial charge is 0.344 e. The molecule has 2 aromatic rings. The first-order valence-electron chi connectivity index (χ1n) is 8.07. The van der Waals surface area contributed by atoms with Gasteiger partial charge in [0.1, 0.15) is 11.7 Å². The number of nitrogens with zero attached hydrogens (tertiary/aromatic N) is 1. The zero-order valence-corrected chi connectivity index (χ0v) is 14.0. The van der Waals surface area contributed by atoms with Crippen LogP contribution in [-0.2, 0) is 9.59 Å². The molecule has 0 radical (unpaired) electrons. The van der Waals surface area contributed by atoms with Crippen LogP contribution in [0.1, 0.15) is 23.5 Å². The molecule has 1 fully saturated rings. The molecule has 0 saturated carbocycles. The molecular weight excluding hydrogens is 345 g/mol. The van der Waals surface area contributed by atoms with Crippen LogP contribution in [0.15, 0.2) is 48.5 Å². The molecule has 3 rings (SSSR count). The van der Waals surface area contributed by atoms with Gasteiger partial charge in [-0.05, 0) is 23.8 Å². The highest BCUT2D eigenvalue weighted by molar-refractivity contribution is 6.08. The summed E-state index contributed by atoms with van der Waals surface area (Å²) in [4.78, 5) is 26.5. The number of likely N-dealkylation sites (N-methyl/N-ethyl adjacent to an activating group) is 1. The van der Waals surface area contributed by atoms with Crippen LogP contribution in [0, 0.1) is 11.7 Å². The highest BCUT2D eigenvalue weighted by atomic mass is 19.3. The second-order valence-electron chi connectivity index (χ2n) is 6.24. The summed E-state index contributed by atoms with van der Waals surface area (Å²) in [5, 5.41) is 2.43. The van der Waals surface area contributed by atoms with Crippen molar-refractivity contribution in [1.29, 1.82) is 0 Å². The molecule has 2 amide bonds. The number of amides is 2. The van der Waals surface area contributed by atoms with Gasteiger partial charge in [-0.25, -0.2) is 13.2 Å². The second kappa shape index (κ2) is 7.19. The summed E-state index contributed by atoms with van der Waals surface area (Å²) in [6.07, 6.45) is -2.64. The predicted octanol–water partition coefficient (Wildman–Crippen LogP) is 3.57. The Morgan fingerprint density at radius 2 is 1.92 bits per heavy atom. The normalized spacial score (nSPS) is 19.9. The van der Waals surface area contributed by atoms with E-state index in [4.69, 9.17) is 0 Å². The number of likely N-dealkylation sites (tertiary alicyclic amines) is 1. The van der Waals surface area contributed by atoms with Crippen molar-refractivity contribution in [3.05, 3.63) is 65.5 Å². The molecule has 0 aliphatic carbocycles. The number of para-hydroxylation sites is 1. The lowest BCUT2D eigenvalue weighted by atomic mass is 9.87. The van der Waals surface area contributed by atoms with E-state index in [-0.39, 0.29) is 17.8 Å². The molecule has 2 aromatic carbocycles. The standard InChI is InChI=1S/C19H17F3N2O2/c1-24-10-13(11-5-4-6-12(9-11)17(21)22)16(19(24)26)18(25)23-15-8-3-2-7-14(15)20/h2-9,13,16-17H,10H2,1H3,(H,23,25)/t13-,16+/m0/s1. The first-order valence-corrected chi connectivity index (χ1v) is 8.07. The summed E-state index contributed by atoms with van der Waals surface area (Å²) >= 11 is 0. The fraction of sp³-hybridized carbons (Fsp3) is 0.263. The van der Waals surface area contributed by atoms with Crippen LogP contribution in [0.3, 0.4) is 0 Å². The Hall–Kier alpha value is -2.83. The molecule has 136 valence electrons. The molecule has 1 saturated heterocycles. The van der Waals surface area contributed by atoms with Gasteiger partial charge in [0.15, 0.2) is 0 Å². The van der Waals surface area contributed by atoms with Gasteiger partial charge < -0.3 is 10.2 Å². The summed E-state index contributed by atoms with van der Waals surface area (Å²) in [6, 6.07) is 11.3. The van der Waals surface area contributed by atoms with Gasteiger partial charge in [-0.2, -0.15) is 0 Å². The van der Waals surface area contributed by atoms with E-state index in [1.54, 1.807) is 19.2 Å². The number of halogens is 3. The first kappa shape index (κ1) is 18.0. The molecule has 1 aliphatic rings. The summed E-state index contributed by atoms with van der Waals surface area (Å²) in [5.74, 6) is -3.38. The quantitative estimate of drug-likeness (QED) is 0.846. The van der Waals surface area contributed by atoms with Gasteiger partial charge in [0.2, 0.25) is 11.8 Å². The molecule has 0 spiro atoms.